The third-order valence-electron chi connectivity index (χ3n) is 4.52. The van der Waals surface area contributed by atoms with Crippen molar-refractivity contribution in [1.82, 2.24) is 3.97 Å². The first-order chi connectivity index (χ1) is 14.1. The molecule has 1 aromatic heterocycles. The molecule has 3 nitrogen and oxygen atoms in total. The van der Waals surface area contributed by atoms with E-state index in [9.17, 15) is 8.42 Å². The van der Waals surface area contributed by atoms with Gasteiger partial charge in [0.1, 0.15) is 0 Å². The van der Waals surface area contributed by atoms with Crippen molar-refractivity contribution in [2.75, 3.05) is 0 Å². The van der Waals surface area contributed by atoms with Crippen LogP contribution in [0.3, 0.4) is 0 Å². The summed E-state index contributed by atoms with van der Waals surface area (Å²) in [6.07, 6.45) is 1.57. The van der Waals surface area contributed by atoms with E-state index in [1.54, 1.807) is 48.7 Å². The lowest BCUT2D eigenvalue weighted by atomic mass is 10.1. The van der Waals surface area contributed by atoms with Gasteiger partial charge in [-0.1, -0.05) is 53.8 Å². The fourth-order valence-corrected chi connectivity index (χ4v) is 4.36. The van der Waals surface area contributed by atoms with E-state index < -0.39 is 10.0 Å². The van der Waals surface area contributed by atoms with Crippen molar-refractivity contribution in [3.05, 3.63) is 102 Å². The molecule has 4 rings (SSSR count). The zero-order chi connectivity index (χ0) is 20.3. The molecule has 0 amide bonds. The number of benzene rings is 3. The minimum Gasteiger partial charge on any atom is -0.241 e. The van der Waals surface area contributed by atoms with Gasteiger partial charge < -0.3 is 0 Å². The highest BCUT2D eigenvalue weighted by molar-refractivity contribution is 7.90. The zero-order valence-corrected chi connectivity index (χ0v) is 16.6. The number of fused-ring (bicyclic) bond motifs is 1. The van der Waals surface area contributed by atoms with Crippen molar-refractivity contribution < 1.29 is 8.42 Å². The van der Waals surface area contributed by atoms with Gasteiger partial charge in [0.25, 0.3) is 10.0 Å². The van der Waals surface area contributed by atoms with Gasteiger partial charge >= 0.3 is 0 Å². The standard InChI is InChI=1S/C25H17NO2S/c1-20-14-16-23(17-15-20)29(27,28)26-19-18-24-22(12-7-13-25(24)26)11-6-5-10-21-8-3-2-4-9-21/h2-4,7-9,12-19H,1H3. The first-order valence-corrected chi connectivity index (χ1v) is 10.5. The van der Waals surface area contributed by atoms with Crippen LogP contribution in [0.2, 0.25) is 0 Å². The van der Waals surface area contributed by atoms with Gasteiger partial charge in [0.2, 0.25) is 0 Å². The molecule has 0 fully saturated rings. The molecule has 0 aliphatic rings. The van der Waals surface area contributed by atoms with Gasteiger partial charge in [-0.2, -0.15) is 0 Å². The van der Waals surface area contributed by atoms with Crippen LogP contribution in [-0.2, 0) is 10.0 Å². The van der Waals surface area contributed by atoms with Crippen LogP contribution in [0.4, 0.5) is 0 Å². The Hall–Kier alpha value is -3.73. The van der Waals surface area contributed by atoms with Crippen LogP contribution in [-0.4, -0.2) is 12.4 Å². The number of nitrogens with zero attached hydrogens (tertiary/aromatic N) is 1. The number of aromatic nitrogens is 1. The van der Waals surface area contributed by atoms with Crippen LogP contribution in [0, 0.1) is 30.6 Å². The summed E-state index contributed by atoms with van der Waals surface area (Å²) in [5, 5.41) is 0.775. The molecule has 0 atom stereocenters. The average Bonchev–Trinajstić information content (AvgIpc) is 3.18. The predicted molar refractivity (Wildman–Crippen MR) is 116 cm³/mol. The maximum atomic E-state index is 13.1. The van der Waals surface area contributed by atoms with Gasteiger partial charge in [0, 0.05) is 22.7 Å². The van der Waals surface area contributed by atoms with Gasteiger partial charge in [0.15, 0.2) is 0 Å². The third-order valence-corrected chi connectivity index (χ3v) is 6.22. The second-order valence-electron chi connectivity index (χ2n) is 6.53. The quantitative estimate of drug-likeness (QED) is 0.466. The van der Waals surface area contributed by atoms with Crippen LogP contribution < -0.4 is 0 Å². The van der Waals surface area contributed by atoms with Gasteiger partial charge in [-0.3, -0.25) is 0 Å². The van der Waals surface area contributed by atoms with Crippen LogP contribution in [0.25, 0.3) is 10.9 Å². The molecule has 0 saturated carbocycles. The molecule has 3 aromatic carbocycles. The molecule has 0 aliphatic carbocycles. The maximum Gasteiger partial charge on any atom is 0.268 e. The average molecular weight is 395 g/mol. The van der Waals surface area contributed by atoms with E-state index in [0.29, 0.717) is 5.52 Å². The Bertz CT molecular complexity index is 1410. The molecule has 0 unspecified atom stereocenters. The molecule has 4 aromatic rings. The molecule has 0 saturated heterocycles. The number of hydrogen-bond donors (Lipinski definition) is 0. The Morgan fingerprint density at radius 3 is 2.24 bits per heavy atom. The number of rotatable bonds is 2. The molecule has 0 N–H and O–H groups in total. The Labute approximate surface area is 170 Å². The summed E-state index contributed by atoms with van der Waals surface area (Å²) in [6, 6.07) is 23.7. The Morgan fingerprint density at radius 2 is 1.48 bits per heavy atom. The van der Waals surface area contributed by atoms with Crippen molar-refractivity contribution >= 4 is 20.9 Å². The summed E-state index contributed by atoms with van der Waals surface area (Å²) in [4.78, 5) is 0.255. The van der Waals surface area contributed by atoms with E-state index in [-0.39, 0.29) is 4.90 Å². The monoisotopic (exact) mass is 395 g/mol. The van der Waals surface area contributed by atoms with E-state index in [1.165, 1.54) is 3.97 Å². The first-order valence-electron chi connectivity index (χ1n) is 9.05. The second kappa shape index (κ2) is 7.72. The van der Waals surface area contributed by atoms with Crippen molar-refractivity contribution in [2.45, 2.75) is 11.8 Å². The Balaban J connectivity index is 1.72. The smallest absolute Gasteiger partial charge is 0.241 e. The van der Waals surface area contributed by atoms with Gasteiger partial charge in [-0.15, -0.1) is 0 Å². The Morgan fingerprint density at radius 1 is 0.759 bits per heavy atom. The molecule has 1 heterocycles. The van der Waals surface area contributed by atoms with Crippen LogP contribution in [0.1, 0.15) is 16.7 Å². The van der Waals surface area contributed by atoms with Crippen molar-refractivity contribution in [1.29, 1.82) is 0 Å². The predicted octanol–water partition coefficient (Wildman–Crippen LogP) is 4.59. The van der Waals surface area contributed by atoms with Crippen molar-refractivity contribution in [2.24, 2.45) is 0 Å². The fraction of sp³-hybridized carbons (Fsp3) is 0.0400. The summed E-state index contributed by atoms with van der Waals surface area (Å²) in [5.74, 6) is 11.7. The number of hydrogen-bond acceptors (Lipinski definition) is 2. The minimum absolute atomic E-state index is 0.255. The summed E-state index contributed by atoms with van der Waals surface area (Å²) in [7, 11) is -3.68. The molecule has 29 heavy (non-hydrogen) atoms. The topological polar surface area (TPSA) is 39.1 Å². The molecule has 0 radical (unpaired) electrons. The van der Waals surface area contributed by atoms with Gasteiger partial charge in [-0.25, -0.2) is 12.4 Å². The molecular weight excluding hydrogens is 378 g/mol. The van der Waals surface area contributed by atoms with E-state index in [2.05, 4.69) is 23.7 Å². The van der Waals surface area contributed by atoms with E-state index in [1.807, 2.05) is 43.3 Å². The van der Waals surface area contributed by atoms with Crippen LogP contribution >= 0.6 is 0 Å². The fourth-order valence-electron chi connectivity index (χ4n) is 3.01. The Kier molecular flexibility index (Phi) is 4.96. The third kappa shape index (κ3) is 3.80. The summed E-state index contributed by atoms with van der Waals surface area (Å²) < 4.78 is 27.4. The minimum atomic E-state index is -3.68. The molecule has 0 aliphatic heterocycles. The normalized spacial score (nSPS) is 10.7. The van der Waals surface area contributed by atoms with Crippen LogP contribution in [0.5, 0.6) is 0 Å². The zero-order valence-electron chi connectivity index (χ0n) is 15.8. The van der Waals surface area contributed by atoms with Gasteiger partial charge in [0.05, 0.1) is 10.4 Å². The first kappa shape index (κ1) is 18.6. The molecule has 4 heteroatoms. The van der Waals surface area contributed by atoms with Gasteiger partial charge in [-0.05, 0) is 61.2 Å². The van der Waals surface area contributed by atoms with E-state index in [0.717, 1.165) is 22.1 Å². The van der Waals surface area contributed by atoms with Crippen molar-refractivity contribution in [3.8, 4) is 23.7 Å². The lowest BCUT2D eigenvalue weighted by Crippen LogP contribution is -2.11. The van der Waals surface area contributed by atoms with E-state index in [4.69, 9.17) is 0 Å². The summed E-state index contributed by atoms with van der Waals surface area (Å²) >= 11 is 0. The lowest BCUT2D eigenvalue weighted by molar-refractivity contribution is 0.589. The number of aryl methyl sites for hydroxylation is 1. The summed E-state index contributed by atoms with van der Waals surface area (Å²) in [6.45, 7) is 1.92. The maximum absolute atomic E-state index is 13.1. The van der Waals surface area contributed by atoms with Crippen molar-refractivity contribution in [3.63, 3.8) is 0 Å². The largest absolute Gasteiger partial charge is 0.268 e. The molecular formula is C25H17NO2S. The second-order valence-corrected chi connectivity index (χ2v) is 8.35. The molecule has 140 valence electrons. The SMILES string of the molecule is Cc1ccc(S(=O)(=O)n2ccc3c(C#CC#Cc4ccccc4)cccc32)cc1. The highest BCUT2D eigenvalue weighted by Crippen LogP contribution is 2.24. The highest BCUT2D eigenvalue weighted by atomic mass is 32.2. The van der Waals surface area contributed by atoms with E-state index >= 15 is 0 Å². The molecule has 0 spiro atoms. The molecule has 0 bridgehead atoms. The van der Waals surface area contributed by atoms with Crippen LogP contribution in [0.15, 0.2) is 90.0 Å². The lowest BCUT2D eigenvalue weighted by Gasteiger charge is -2.08. The highest BCUT2D eigenvalue weighted by Gasteiger charge is 2.19. The summed E-state index contributed by atoms with van der Waals surface area (Å²) in [5.41, 5.74) is 3.24.